The molecule has 0 saturated carbocycles. The molecule has 0 fully saturated rings. The predicted octanol–water partition coefficient (Wildman–Crippen LogP) is 2.59. The molecule has 0 bridgehead atoms. The Bertz CT molecular complexity index is 368. The molecule has 1 rings (SSSR count). The van der Waals surface area contributed by atoms with E-state index < -0.39 is 4.92 Å². The van der Waals surface area contributed by atoms with Gasteiger partial charge in [0.05, 0.1) is 4.92 Å². The van der Waals surface area contributed by atoms with Crippen LogP contribution in [0.25, 0.3) is 6.08 Å². The van der Waals surface area contributed by atoms with Gasteiger partial charge in [-0.15, -0.1) is 0 Å². The molecule has 0 aliphatic rings. The van der Waals surface area contributed by atoms with Gasteiger partial charge in [0, 0.05) is 18.6 Å². The summed E-state index contributed by atoms with van der Waals surface area (Å²) >= 11 is 0. The molecule has 0 aliphatic heterocycles. The number of benzene rings is 1. The number of allylic oxidation sites excluding steroid dienone is 1. The molecule has 0 atom stereocenters. The van der Waals surface area contributed by atoms with Crippen LogP contribution < -0.4 is 0 Å². The van der Waals surface area contributed by atoms with E-state index in [1.165, 1.54) is 12.1 Å². The number of carbonyl (C=O) groups excluding carboxylic acids is 1. The SMILES string of the molecule is O=CCC/C=C/c1ccc([N+](=O)[O-])cc1. The van der Waals surface area contributed by atoms with Crippen molar-refractivity contribution in [2.24, 2.45) is 0 Å². The number of carbonyl (C=O) groups is 1. The number of nitro benzene ring substituents is 1. The summed E-state index contributed by atoms with van der Waals surface area (Å²) in [7, 11) is 0. The molecule has 0 N–H and O–H groups in total. The largest absolute Gasteiger partial charge is 0.303 e. The number of aldehydes is 1. The van der Waals surface area contributed by atoms with Gasteiger partial charge in [-0.3, -0.25) is 10.1 Å². The Hall–Kier alpha value is -1.97. The molecular weight excluding hydrogens is 194 g/mol. The third-order valence-corrected chi connectivity index (χ3v) is 1.87. The summed E-state index contributed by atoms with van der Waals surface area (Å²) in [4.78, 5) is 20.0. The number of hydrogen-bond acceptors (Lipinski definition) is 3. The zero-order chi connectivity index (χ0) is 11.1. The number of unbranched alkanes of at least 4 members (excludes halogenated alkanes) is 1. The predicted molar refractivity (Wildman–Crippen MR) is 57.4 cm³/mol. The van der Waals surface area contributed by atoms with Crippen LogP contribution in [0, 0.1) is 10.1 Å². The van der Waals surface area contributed by atoms with Crippen LogP contribution in [0.2, 0.25) is 0 Å². The van der Waals surface area contributed by atoms with Gasteiger partial charge >= 0.3 is 0 Å². The minimum absolute atomic E-state index is 0.0834. The maximum absolute atomic E-state index is 10.4. The Kier molecular flexibility index (Phi) is 4.22. The van der Waals surface area contributed by atoms with E-state index in [4.69, 9.17) is 0 Å². The number of nitro groups is 1. The summed E-state index contributed by atoms with van der Waals surface area (Å²) in [5, 5.41) is 10.4. The first kappa shape index (κ1) is 11.1. The molecule has 0 radical (unpaired) electrons. The summed E-state index contributed by atoms with van der Waals surface area (Å²) in [5.41, 5.74) is 0.978. The van der Waals surface area contributed by atoms with Crippen LogP contribution in [-0.2, 0) is 4.79 Å². The number of non-ortho nitro benzene ring substituents is 1. The highest BCUT2D eigenvalue weighted by atomic mass is 16.6. The second-order valence-corrected chi connectivity index (χ2v) is 3.00. The normalized spacial score (nSPS) is 10.4. The highest BCUT2D eigenvalue weighted by Gasteiger charge is 2.01. The fourth-order valence-electron chi connectivity index (χ4n) is 1.09. The quantitative estimate of drug-likeness (QED) is 0.321. The Balaban J connectivity index is 2.60. The molecule has 0 spiro atoms. The van der Waals surface area contributed by atoms with Crippen LogP contribution in [-0.4, -0.2) is 11.2 Å². The fourth-order valence-corrected chi connectivity index (χ4v) is 1.09. The molecule has 0 aliphatic carbocycles. The van der Waals surface area contributed by atoms with Crippen molar-refractivity contribution in [2.45, 2.75) is 12.8 Å². The van der Waals surface area contributed by atoms with Crippen molar-refractivity contribution in [1.82, 2.24) is 0 Å². The van der Waals surface area contributed by atoms with E-state index in [0.29, 0.717) is 12.8 Å². The van der Waals surface area contributed by atoms with Gasteiger partial charge in [-0.25, -0.2) is 0 Å². The number of nitrogens with zero attached hydrogens (tertiary/aromatic N) is 1. The Labute approximate surface area is 87.4 Å². The molecule has 0 heterocycles. The summed E-state index contributed by atoms with van der Waals surface area (Å²) in [6, 6.07) is 6.27. The molecule has 0 unspecified atom stereocenters. The highest BCUT2D eigenvalue weighted by Crippen LogP contribution is 2.12. The highest BCUT2D eigenvalue weighted by molar-refractivity contribution is 5.53. The topological polar surface area (TPSA) is 60.2 Å². The fraction of sp³-hybridized carbons (Fsp3) is 0.182. The van der Waals surface area contributed by atoms with Gasteiger partial charge in [-0.2, -0.15) is 0 Å². The minimum Gasteiger partial charge on any atom is -0.303 e. The van der Waals surface area contributed by atoms with Gasteiger partial charge in [-0.1, -0.05) is 12.2 Å². The van der Waals surface area contributed by atoms with E-state index in [9.17, 15) is 14.9 Å². The molecule has 0 saturated heterocycles. The first-order valence-corrected chi connectivity index (χ1v) is 4.58. The Morgan fingerprint density at radius 1 is 1.20 bits per heavy atom. The number of rotatable bonds is 5. The average Bonchev–Trinajstić information content (AvgIpc) is 2.25. The molecule has 0 aromatic heterocycles. The second kappa shape index (κ2) is 5.70. The van der Waals surface area contributed by atoms with E-state index in [1.54, 1.807) is 12.1 Å². The summed E-state index contributed by atoms with van der Waals surface area (Å²) in [6.45, 7) is 0. The minimum atomic E-state index is -0.431. The lowest BCUT2D eigenvalue weighted by molar-refractivity contribution is -0.384. The van der Waals surface area contributed by atoms with Crippen molar-refractivity contribution >= 4 is 18.0 Å². The van der Waals surface area contributed by atoms with Crippen molar-refractivity contribution in [3.8, 4) is 0 Å². The first-order chi connectivity index (χ1) is 7.24. The van der Waals surface area contributed by atoms with E-state index in [0.717, 1.165) is 11.8 Å². The van der Waals surface area contributed by atoms with Crippen LogP contribution in [0.5, 0.6) is 0 Å². The molecule has 4 nitrogen and oxygen atoms in total. The van der Waals surface area contributed by atoms with Gasteiger partial charge in [0.2, 0.25) is 0 Å². The van der Waals surface area contributed by atoms with Gasteiger partial charge in [0.25, 0.3) is 5.69 Å². The van der Waals surface area contributed by atoms with Gasteiger partial charge < -0.3 is 4.79 Å². The molecule has 4 heteroatoms. The zero-order valence-corrected chi connectivity index (χ0v) is 8.13. The van der Waals surface area contributed by atoms with E-state index in [1.807, 2.05) is 12.2 Å². The smallest absolute Gasteiger partial charge is 0.269 e. The van der Waals surface area contributed by atoms with E-state index in [2.05, 4.69) is 0 Å². The lowest BCUT2D eigenvalue weighted by Gasteiger charge is -1.93. The second-order valence-electron chi connectivity index (χ2n) is 3.00. The third kappa shape index (κ3) is 3.72. The van der Waals surface area contributed by atoms with Crippen LogP contribution in [0.3, 0.4) is 0 Å². The maximum Gasteiger partial charge on any atom is 0.269 e. The van der Waals surface area contributed by atoms with Crippen molar-refractivity contribution in [1.29, 1.82) is 0 Å². The zero-order valence-electron chi connectivity index (χ0n) is 8.13. The summed E-state index contributed by atoms with van der Waals surface area (Å²) < 4.78 is 0. The Morgan fingerprint density at radius 2 is 1.87 bits per heavy atom. The Morgan fingerprint density at radius 3 is 2.40 bits per heavy atom. The number of hydrogen-bond donors (Lipinski definition) is 0. The first-order valence-electron chi connectivity index (χ1n) is 4.58. The molecule has 0 amide bonds. The standard InChI is InChI=1S/C11H11NO3/c13-9-3-1-2-4-10-5-7-11(8-6-10)12(14)15/h2,4-9H,1,3H2/b4-2+. The summed E-state index contributed by atoms with van der Waals surface area (Å²) in [6.07, 6.45) is 5.77. The van der Waals surface area contributed by atoms with Gasteiger partial charge in [0.15, 0.2) is 0 Å². The van der Waals surface area contributed by atoms with Gasteiger partial charge in [-0.05, 0) is 24.1 Å². The van der Waals surface area contributed by atoms with Crippen molar-refractivity contribution in [3.63, 3.8) is 0 Å². The average molecular weight is 205 g/mol. The maximum atomic E-state index is 10.4. The van der Waals surface area contributed by atoms with E-state index in [-0.39, 0.29) is 5.69 Å². The van der Waals surface area contributed by atoms with Crippen LogP contribution in [0.1, 0.15) is 18.4 Å². The molecular formula is C11H11NO3. The monoisotopic (exact) mass is 205 g/mol. The summed E-state index contributed by atoms with van der Waals surface area (Å²) in [5.74, 6) is 0. The lowest BCUT2D eigenvalue weighted by Crippen LogP contribution is -1.86. The lowest BCUT2D eigenvalue weighted by atomic mass is 10.2. The molecule has 1 aromatic rings. The third-order valence-electron chi connectivity index (χ3n) is 1.87. The van der Waals surface area contributed by atoms with Crippen molar-refractivity contribution in [2.75, 3.05) is 0 Å². The molecule has 1 aromatic carbocycles. The van der Waals surface area contributed by atoms with Crippen molar-refractivity contribution < 1.29 is 9.72 Å². The van der Waals surface area contributed by atoms with Crippen LogP contribution in [0.15, 0.2) is 30.3 Å². The van der Waals surface area contributed by atoms with E-state index >= 15 is 0 Å². The van der Waals surface area contributed by atoms with Gasteiger partial charge in [0.1, 0.15) is 6.29 Å². The molecule has 78 valence electrons. The molecule has 15 heavy (non-hydrogen) atoms. The van der Waals surface area contributed by atoms with Crippen LogP contribution >= 0.6 is 0 Å². The van der Waals surface area contributed by atoms with Crippen LogP contribution in [0.4, 0.5) is 5.69 Å². The van der Waals surface area contributed by atoms with Crippen molar-refractivity contribution in [3.05, 3.63) is 46.0 Å².